The van der Waals surface area contributed by atoms with Gasteiger partial charge in [-0.15, -0.1) is 0 Å². The van der Waals surface area contributed by atoms with Crippen LogP contribution in [-0.2, 0) is 25.7 Å². The Morgan fingerprint density at radius 3 is 1.54 bits per heavy atom. The lowest BCUT2D eigenvalue weighted by atomic mass is 9.83. The zero-order valence-corrected chi connectivity index (χ0v) is 50.0. The zero-order chi connectivity index (χ0) is 57.1. The van der Waals surface area contributed by atoms with E-state index in [2.05, 4.69) is 274 Å². The first-order valence-electron chi connectivity index (χ1n) is 28.7. The summed E-state index contributed by atoms with van der Waals surface area (Å²) in [6, 6.07) is 44.3. The predicted octanol–water partition coefficient (Wildman–Crippen LogP) is 17.0. The van der Waals surface area contributed by atoms with Gasteiger partial charge >= 0.3 is 0 Å². The number of aromatic amines is 2. The molecule has 80 heavy (non-hydrogen) atoms. The van der Waals surface area contributed by atoms with E-state index in [0.29, 0.717) is 0 Å². The van der Waals surface area contributed by atoms with E-state index in [4.69, 9.17) is 15.7 Å². The van der Waals surface area contributed by atoms with E-state index >= 15 is 0 Å². The van der Waals surface area contributed by atoms with Gasteiger partial charge in [-0.25, -0.2) is 9.98 Å². The molecule has 0 saturated carbocycles. The average Bonchev–Trinajstić information content (AvgIpc) is 4.34. The van der Waals surface area contributed by atoms with Crippen LogP contribution in [0.2, 0.25) is 0 Å². The molecule has 7 nitrogen and oxygen atoms in total. The van der Waals surface area contributed by atoms with Crippen LogP contribution in [0.5, 0.6) is 0 Å². The molecular formula is C73H85N7. The van der Waals surface area contributed by atoms with Crippen LogP contribution in [0.25, 0.3) is 33.7 Å². The number of rotatable bonds is 15. The summed E-state index contributed by atoms with van der Waals surface area (Å²) in [5.74, 6) is 0. The molecule has 5 heterocycles. The monoisotopic (exact) mass is 1060 g/mol. The Labute approximate surface area is 478 Å². The summed E-state index contributed by atoms with van der Waals surface area (Å²) in [5, 5.41) is 7.07. The zero-order valence-electron chi connectivity index (χ0n) is 50.0. The van der Waals surface area contributed by atoms with Gasteiger partial charge in [-0.05, 0) is 166 Å². The molecule has 0 saturated heterocycles. The van der Waals surface area contributed by atoms with E-state index < -0.39 is 0 Å². The molecule has 7 heteroatoms. The highest BCUT2D eigenvalue weighted by atomic mass is 15.0. The molecule has 1 unspecified atom stereocenters. The number of nitrogens with zero attached hydrogens (tertiary/aromatic N) is 2. The fourth-order valence-corrected chi connectivity index (χ4v) is 11.4. The molecule has 0 bridgehead atoms. The summed E-state index contributed by atoms with van der Waals surface area (Å²) in [5.41, 5.74) is 30.3. The first kappa shape index (κ1) is 57.0. The van der Waals surface area contributed by atoms with Crippen molar-refractivity contribution in [3.05, 3.63) is 249 Å². The summed E-state index contributed by atoms with van der Waals surface area (Å²) in [7, 11) is 2.01. The number of benzene rings is 4. The van der Waals surface area contributed by atoms with Gasteiger partial charge in [-0.1, -0.05) is 186 Å². The maximum absolute atomic E-state index is 6.48. The second-order valence-electron chi connectivity index (χ2n) is 26.7. The van der Waals surface area contributed by atoms with Crippen LogP contribution in [0, 0.1) is 21.7 Å². The number of nitrogens with one attached hydrogen (secondary N) is 4. The minimum Gasteiger partial charge on any atom is -0.388 e. The third kappa shape index (κ3) is 13.6. The lowest BCUT2D eigenvalue weighted by Gasteiger charge is -2.22. The third-order valence-corrected chi connectivity index (χ3v) is 14.4. The molecule has 0 radical (unpaired) electrons. The van der Waals surface area contributed by atoms with Crippen molar-refractivity contribution in [2.24, 2.45) is 37.4 Å². The molecule has 6 aromatic rings. The molecule has 3 aliphatic rings. The van der Waals surface area contributed by atoms with Gasteiger partial charge in [0.15, 0.2) is 0 Å². The van der Waals surface area contributed by atoms with E-state index in [0.717, 1.165) is 122 Å². The fraction of sp³-hybridized carbons (Fsp3) is 0.315. The Hall–Kier alpha value is -7.74. The van der Waals surface area contributed by atoms with Crippen molar-refractivity contribution in [3.63, 3.8) is 0 Å². The molecule has 3 aliphatic heterocycles. The van der Waals surface area contributed by atoms with E-state index in [1.165, 1.54) is 27.8 Å². The van der Waals surface area contributed by atoms with Gasteiger partial charge in [0.1, 0.15) is 0 Å². The number of nitrogens with two attached hydrogens (primary N) is 1. The second kappa shape index (κ2) is 23.2. The Balaban J connectivity index is 1.22. The van der Waals surface area contributed by atoms with Gasteiger partial charge in [0.25, 0.3) is 0 Å². The molecule has 2 aromatic heterocycles. The number of hydrogen-bond donors (Lipinski definition) is 5. The van der Waals surface area contributed by atoms with E-state index in [1.807, 2.05) is 13.1 Å². The Bertz CT molecular complexity index is 3610. The molecule has 4 aromatic carbocycles. The largest absolute Gasteiger partial charge is 0.388 e. The number of H-pyrrole nitrogens is 2. The number of aliphatic imine (C=N–C) groups is 2. The highest BCUT2D eigenvalue weighted by Gasteiger charge is 2.29. The molecule has 412 valence electrons. The number of hydrogen-bond acceptors (Lipinski definition) is 5. The van der Waals surface area contributed by atoms with Crippen molar-refractivity contribution >= 4 is 33.7 Å². The van der Waals surface area contributed by atoms with Crippen molar-refractivity contribution in [3.8, 4) is 11.4 Å². The van der Waals surface area contributed by atoms with Crippen molar-refractivity contribution in [2.75, 3.05) is 7.05 Å². The van der Waals surface area contributed by atoms with E-state index in [-0.39, 0.29) is 27.8 Å². The quantitative estimate of drug-likeness (QED) is 0.0662. The lowest BCUT2D eigenvalue weighted by Crippen LogP contribution is -2.30. The molecule has 0 amide bonds. The standard InChI is InChI=1S/C73H85N7/c1-15-23-57(75-14)67(52-29-19-16-25-49(52)44-71(5,6)7)60-34-32-55(76-60)56-33-35-61(77-56)68(53-30-20-17-26-50(53)45-72(8,9)10)63-38-39-64(79-63)69(54-31-21-18-27-51(54)46-73(11,12)13)62-37-36-58(78-62)66(59-40-41-65(74)80-59)48-28-22-24-47(42-48)43-70(2,3)4/h15-42,65,75-77,80H,43-46,74H2,1-14H3/b23-15-,66-59-,67-57-,68-63-,69-62-. The van der Waals surface area contributed by atoms with E-state index in [9.17, 15) is 0 Å². The van der Waals surface area contributed by atoms with Crippen LogP contribution >= 0.6 is 0 Å². The van der Waals surface area contributed by atoms with Crippen LogP contribution in [0.1, 0.15) is 146 Å². The molecular weight excluding hydrogens is 975 g/mol. The van der Waals surface area contributed by atoms with Crippen LogP contribution < -0.4 is 16.4 Å². The highest BCUT2D eigenvalue weighted by molar-refractivity contribution is 6.36. The summed E-state index contributed by atoms with van der Waals surface area (Å²) < 4.78 is 0. The maximum atomic E-state index is 6.48. The fourth-order valence-electron chi connectivity index (χ4n) is 11.4. The molecule has 0 aliphatic carbocycles. The van der Waals surface area contributed by atoms with Gasteiger partial charge in [0.2, 0.25) is 0 Å². The van der Waals surface area contributed by atoms with Gasteiger partial charge in [-0.3, -0.25) is 0 Å². The predicted molar refractivity (Wildman–Crippen MR) is 342 cm³/mol. The summed E-state index contributed by atoms with van der Waals surface area (Å²) >= 11 is 0. The summed E-state index contributed by atoms with van der Waals surface area (Å²) in [6.45, 7) is 29.7. The topological polar surface area (TPSA) is 106 Å². The van der Waals surface area contributed by atoms with Gasteiger partial charge in [0.05, 0.1) is 40.4 Å². The summed E-state index contributed by atoms with van der Waals surface area (Å²) in [4.78, 5) is 19.2. The molecule has 1 atom stereocenters. The minimum atomic E-state index is -0.281. The highest BCUT2D eigenvalue weighted by Crippen LogP contribution is 2.41. The molecule has 0 fully saturated rings. The van der Waals surface area contributed by atoms with Gasteiger partial charge in [0, 0.05) is 52.1 Å². The van der Waals surface area contributed by atoms with Crippen molar-refractivity contribution in [2.45, 2.75) is 122 Å². The Kier molecular flexibility index (Phi) is 16.5. The SMILES string of the molecule is C/C=C\C(NC)=C(\c1ccc(-c2ccc(/C(=C3/C=CC(C(=C4/C=CC(C(=C5/C=CC(N)N5)/c5cccc(CC(C)(C)C)c5)=N4)/c4ccccc4CC(C)(C)C)=N3)c3ccccc3CC(C)(C)C)[nH]2)[nH]1)c1ccccc1CC(C)(C)C. The smallest absolute Gasteiger partial charge is 0.0939 e. The lowest BCUT2D eigenvalue weighted by molar-refractivity contribution is 0.410. The van der Waals surface area contributed by atoms with Crippen molar-refractivity contribution in [1.82, 2.24) is 20.6 Å². The Morgan fingerprint density at radius 1 is 0.525 bits per heavy atom. The minimum absolute atomic E-state index is 0.0323. The van der Waals surface area contributed by atoms with Crippen LogP contribution in [-0.4, -0.2) is 34.6 Å². The number of aromatic nitrogens is 2. The van der Waals surface area contributed by atoms with Crippen molar-refractivity contribution in [1.29, 1.82) is 0 Å². The average molecular weight is 1060 g/mol. The number of allylic oxidation sites excluding steroid dienone is 9. The van der Waals surface area contributed by atoms with Crippen LogP contribution in [0.4, 0.5) is 0 Å². The first-order valence-corrected chi connectivity index (χ1v) is 28.7. The van der Waals surface area contributed by atoms with Gasteiger partial charge < -0.3 is 26.3 Å². The van der Waals surface area contributed by atoms with Crippen LogP contribution in [0.3, 0.4) is 0 Å². The van der Waals surface area contributed by atoms with Gasteiger partial charge in [-0.2, -0.15) is 0 Å². The third-order valence-electron chi connectivity index (χ3n) is 14.4. The van der Waals surface area contributed by atoms with E-state index in [1.54, 1.807) is 0 Å². The molecule has 9 rings (SSSR count). The second-order valence-corrected chi connectivity index (χ2v) is 26.7. The first-order chi connectivity index (χ1) is 37.9. The molecule has 0 spiro atoms. The van der Waals surface area contributed by atoms with Crippen LogP contribution in [0.15, 0.2) is 203 Å². The number of likely N-dealkylation sites (N-methyl/N-ethyl adjacent to an activating group) is 1. The Morgan fingerprint density at radius 2 is 1.01 bits per heavy atom. The van der Waals surface area contributed by atoms with Crippen molar-refractivity contribution < 1.29 is 0 Å². The maximum Gasteiger partial charge on any atom is 0.0939 e. The molecule has 6 N–H and O–H groups in total. The normalized spacial score (nSPS) is 18.0. The summed E-state index contributed by atoms with van der Waals surface area (Å²) in [6.07, 6.45) is 20.5.